The number of hydrogen-bond acceptors (Lipinski definition) is 2. The number of hydrogen-bond donors (Lipinski definition) is 0. The Labute approximate surface area is 94.0 Å². The van der Waals surface area contributed by atoms with E-state index in [1.54, 1.807) is 14.2 Å². The highest BCUT2D eigenvalue weighted by Gasteiger charge is 1.66. The van der Waals surface area contributed by atoms with Crippen LogP contribution < -0.4 is 0 Å². The lowest BCUT2D eigenvalue weighted by Gasteiger charge is -1.84. The first kappa shape index (κ1) is 37.0. The van der Waals surface area contributed by atoms with Gasteiger partial charge in [-0.1, -0.05) is 43.6 Å². The summed E-state index contributed by atoms with van der Waals surface area (Å²) in [7, 11) is 3.42. The van der Waals surface area contributed by atoms with Crippen LogP contribution in [0.15, 0.2) is 0 Å². The van der Waals surface area contributed by atoms with E-state index in [9.17, 15) is 0 Å². The van der Waals surface area contributed by atoms with Crippen LogP contribution in [0.3, 0.4) is 0 Å². The lowest BCUT2D eigenvalue weighted by molar-refractivity contribution is 0.199. The molecule has 0 atom stereocenters. The van der Waals surface area contributed by atoms with E-state index in [4.69, 9.17) is 9.47 Å². The molecule has 0 aliphatic carbocycles. The molecule has 0 saturated carbocycles. The zero-order valence-corrected chi connectivity index (χ0v) is 7.64. The second-order valence-electron chi connectivity index (χ2n) is 1.99. The monoisotopic (exact) mass is 212 g/mol. The smallest absolute Gasteiger partial charge is 0.0459 e. The second-order valence-corrected chi connectivity index (χ2v) is 1.99. The predicted octanol–water partition coefficient (Wildman–Crippen LogP) is 4.63. The molecule has 14 heavy (non-hydrogen) atoms. The minimum atomic E-state index is 0. The van der Waals surface area contributed by atoms with Gasteiger partial charge < -0.3 is 9.47 Å². The molecule has 96 valence electrons. The Morgan fingerprint density at radius 3 is 0.857 bits per heavy atom. The minimum absolute atomic E-state index is 0. The van der Waals surface area contributed by atoms with E-state index in [1.807, 2.05) is 0 Å². The van der Waals surface area contributed by atoms with E-state index in [2.05, 4.69) is 13.8 Å². The summed E-state index contributed by atoms with van der Waals surface area (Å²) < 4.78 is 9.38. The summed E-state index contributed by atoms with van der Waals surface area (Å²) in [6.45, 7) is 5.95. The van der Waals surface area contributed by atoms with Crippen LogP contribution in [0, 0.1) is 0 Å². The van der Waals surface area contributed by atoms with E-state index in [0.717, 1.165) is 26.1 Å². The molecule has 0 rings (SSSR count). The van der Waals surface area contributed by atoms with Crippen LogP contribution >= 0.6 is 0 Å². The molecule has 0 aliphatic rings. The van der Waals surface area contributed by atoms with E-state index in [1.165, 1.54) is 0 Å². The highest BCUT2D eigenvalue weighted by atomic mass is 16.5. The molecule has 0 radical (unpaired) electrons. The van der Waals surface area contributed by atoms with Gasteiger partial charge in [-0.15, -0.1) is 0 Å². The van der Waals surface area contributed by atoms with Gasteiger partial charge in [-0.2, -0.15) is 0 Å². The molecule has 0 aliphatic heterocycles. The molecule has 0 bridgehead atoms. The first-order valence-corrected chi connectivity index (χ1v) is 3.81. The van der Waals surface area contributed by atoms with Crippen LogP contribution in [-0.4, -0.2) is 27.4 Å². The molecule has 0 saturated heterocycles. The molecule has 0 heterocycles. The molecule has 0 amide bonds. The van der Waals surface area contributed by atoms with Crippen molar-refractivity contribution in [3.8, 4) is 0 Å². The highest BCUT2D eigenvalue weighted by molar-refractivity contribution is 4.15. The maximum Gasteiger partial charge on any atom is 0.0459 e. The van der Waals surface area contributed by atoms with Gasteiger partial charge in [-0.3, -0.25) is 0 Å². The van der Waals surface area contributed by atoms with Crippen LogP contribution in [0.4, 0.5) is 0 Å². The Hall–Kier alpha value is -0.0800. The molecule has 2 nitrogen and oxygen atoms in total. The van der Waals surface area contributed by atoms with E-state index in [0.29, 0.717) is 0 Å². The van der Waals surface area contributed by atoms with Crippen molar-refractivity contribution in [1.29, 1.82) is 0 Å². The van der Waals surface area contributed by atoms with Gasteiger partial charge in [0.05, 0.1) is 0 Å². The van der Waals surface area contributed by atoms with Gasteiger partial charge >= 0.3 is 0 Å². The lowest BCUT2D eigenvalue weighted by Crippen LogP contribution is -1.80. The quantitative estimate of drug-likeness (QED) is 0.676. The van der Waals surface area contributed by atoms with Gasteiger partial charge in [0, 0.05) is 27.4 Å². The Bertz CT molecular complexity index is 29.3. The summed E-state index contributed by atoms with van der Waals surface area (Å²) in [6.07, 6.45) is 2.24. The van der Waals surface area contributed by atoms with Gasteiger partial charge in [0.2, 0.25) is 0 Å². The van der Waals surface area contributed by atoms with E-state index >= 15 is 0 Å². The van der Waals surface area contributed by atoms with Crippen LogP contribution in [0.25, 0.3) is 0 Å². The molecule has 0 fully saturated rings. The average Bonchev–Trinajstić information content (AvgIpc) is 1.93. The van der Waals surface area contributed by atoms with Crippen molar-refractivity contribution >= 4 is 0 Å². The van der Waals surface area contributed by atoms with Crippen molar-refractivity contribution in [2.75, 3.05) is 27.4 Å². The topological polar surface area (TPSA) is 18.5 Å². The zero-order chi connectivity index (χ0) is 8.24. The number of rotatable bonds is 4. The average molecular weight is 212 g/mol. The summed E-state index contributed by atoms with van der Waals surface area (Å²) >= 11 is 0. The summed E-state index contributed by atoms with van der Waals surface area (Å²) in [5, 5.41) is 0. The van der Waals surface area contributed by atoms with Crippen LogP contribution in [-0.2, 0) is 9.47 Å². The second kappa shape index (κ2) is 52.4. The fourth-order valence-corrected chi connectivity index (χ4v) is 0.408. The van der Waals surface area contributed by atoms with Gasteiger partial charge in [0.15, 0.2) is 0 Å². The summed E-state index contributed by atoms with van der Waals surface area (Å²) in [5.74, 6) is 0. The van der Waals surface area contributed by atoms with Crippen molar-refractivity contribution in [2.45, 2.75) is 56.4 Å². The Morgan fingerprint density at radius 1 is 0.643 bits per heavy atom. The molecular weight excluding hydrogens is 176 g/mol. The third-order valence-corrected chi connectivity index (χ3v) is 0.816. The predicted molar refractivity (Wildman–Crippen MR) is 71.3 cm³/mol. The van der Waals surface area contributed by atoms with Crippen molar-refractivity contribution in [3.63, 3.8) is 0 Å². The lowest BCUT2D eigenvalue weighted by atomic mass is 10.5. The van der Waals surface area contributed by atoms with Gasteiger partial charge in [0.25, 0.3) is 0 Å². The molecule has 0 unspecified atom stereocenters. The SMILES string of the molecule is C.C.C.C.CCCOC.CCCOC. The Morgan fingerprint density at radius 2 is 0.857 bits per heavy atom. The fourth-order valence-electron chi connectivity index (χ4n) is 0.408. The van der Waals surface area contributed by atoms with Gasteiger partial charge in [0.1, 0.15) is 0 Å². The first-order chi connectivity index (χ1) is 4.83. The maximum atomic E-state index is 4.69. The van der Waals surface area contributed by atoms with Gasteiger partial charge in [-0.05, 0) is 12.8 Å². The number of ether oxygens (including phenoxy) is 2. The Balaban J connectivity index is -0.0000000178. The van der Waals surface area contributed by atoms with Crippen molar-refractivity contribution in [2.24, 2.45) is 0 Å². The normalized spacial score (nSPS) is 6.00. The molecule has 0 spiro atoms. The van der Waals surface area contributed by atoms with E-state index < -0.39 is 0 Å². The summed E-state index contributed by atoms with van der Waals surface area (Å²) in [4.78, 5) is 0. The van der Waals surface area contributed by atoms with Crippen molar-refractivity contribution in [1.82, 2.24) is 0 Å². The van der Waals surface area contributed by atoms with E-state index in [-0.39, 0.29) is 29.7 Å². The minimum Gasteiger partial charge on any atom is -0.385 e. The molecule has 0 aromatic heterocycles. The molecule has 0 aromatic rings. The van der Waals surface area contributed by atoms with Crippen LogP contribution in [0.1, 0.15) is 56.4 Å². The molecule has 0 N–H and O–H groups in total. The molecule has 2 heteroatoms. The van der Waals surface area contributed by atoms with Crippen LogP contribution in [0.2, 0.25) is 0 Å². The fraction of sp³-hybridized carbons (Fsp3) is 1.00. The third kappa shape index (κ3) is 92.5. The summed E-state index contributed by atoms with van der Waals surface area (Å²) in [6, 6.07) is 0. The standard InChI is InChI=1S/2C4H10O.4CH4/c2*1-3-4-5-2;;;;/h2*3-4H2,1-2H3;4*1H4. The zero-order valence-electron chi connectivity index (χ0n) is 7.64. The summed E-state index contributed by atoms with van der Waals surface area (Å²) in [5.41, 5.74) is 0. The molecule has 0 aromatic carbocycles. The Kier molecular flexibility index (Phi) is 139. The first-order valence-electron chi connectivity index (χ1n) is 3.81. The van der Waals surface area contributed by atoms with Crippen molar-refractivity contribution < 1.29 is 9.47 Å². The molecular formula is C12H36O2. The largest absolute Gasteiger partial charge is 0.385 e. The van der Waals surface area contributed by atoms with Crippen LogP contribution in [0.5, 0.6) is 0 Å². The highest BCUT2D eigenvalue weighted by Crippen LogP contribution is 1.71. The number of methoxy groups -OCH3 is 2. The van der Waals surface area contributed by atoms with Crippen molar-refractivity contribution in [3.05, 3.63) is 0 Å². The van der Waals surface area contributed by atoms with Gasteiger partial charge in [-0.25, -0.2) is 0 Å². The maximum absolute atomic E-state index is 4.69. The third-order valence-electron chi connectivity index (χ3n) is 0.816.